The third-order valence-corrected chi connectivity index (χ3v) is 8.70. The number of carbonyl (C=O) groups is 4. The van der Waals surface area contributed by atoms with Crippen molar-refractivity contribution in [3.05, 3.63) is 36.0 Å². The van der Waals surface area contributed by atoms with Crippen molar-refractivity contribution in [3.63, 3.8) is 0 Å². The van der Waals surface area contributed by atoms with Crippen LogP contribution >= 0.6 is 0 Å². The first kappa shape index (κ1) is 30.6. The van der Waals surface area contributed by atoms with Gasteiger partial charge in [0.25, 0.3) is 0 Å². The summed E-state index contributed by atoms with van der Waals surface area (Å²) in [5, 5.41) is 13.6. The molecule has 9 nitrogen and oxygen atoms in total. The zero-order chi connectivity index (χ0) is 29.2. The Labute approximate surface area is 243 Å². The van der Waals surface area contributed by atoms with E-state index in [1.807, 2.05) is 37.4 Å². The van der Waals surface area contributed by atoms with Crippen molar-refractivity contribution < 1.29 is 24.3 Å². The van der Waals surface area contributed by atoms with Crippen LogP contribution in [-0.4, -0.2) is 75.3 Å². The van der Waals surface area contributed by atoms with Crippen molar-refractivity contribution in [2.24, 2.45) is 5.92 Å². The Morgan fingerprint density at radius 2 is 1.78 bits per heavy atom. The molecule has 1 saturated heterocycles. The first-order chi connectivity index (χ1) is 19.9. The third-order valence-electron chi connectivity index (χ3n) is 8.70. The van der Waals surface area contributed by atoms with Gasteiger partial charge in [0.15, 0.2) is 0 Å². The summed E-state index contributed by atoms with van der Waals surface area (Å²) >= 11 is 0. The topological polar surface area (TPSA) is 123 Å². The third kappa shape index (κ3) is 8.33. The predicted octanol–water partition coefficient (Wildman–Crippen LogP) is 4.65. The molecule has 1 aromatic carbocycles. The molecule has 1 aliphatic carbocycles. The number of hydrogen-bond donors (Lipinski definition) is 3. The number of amides is 3. The molecule has 1 aromatic heterocycles. The molecule has 1 aliphatic heterocycles. The molecule has 2 heterocycles. The number of carbonyl (C=O) groups excluding carboxylic acids is 3. The minimum atomic E-state index is -1.00. The van der Waals surface area contributed by atoms with E-state index in [0.29, 0.717) is 32.4 Å². The average Bonchev–Trinajstić information content (AvgIpc) is 3.59. The highest BCUT2D eigenvalue weighted by atomic mass is 16.4. The number of carboxylic acid groups (broad SMARTS) is 1. The van der Waals surface area contributed by atoms with E-state index >= 15 is 0 Å². The Morgan fingerprint density at radius 3 is 2.51 bits per heavy atom. The van der Waals surface area contributed by atoms with Crippen LogP contribution in [0.5, 0.6) is 0 Å². The number of nitrogens with zero attached hydrogens (tertiary/aromatic N) is 2. The lowest BCUT2D eigenvalue weighted by Crippen LogP contribution is -2.53. The lowest BCUT2D eigenvalue weighted by molar-refractivity contribution is -0.150. The smallest absolute Gasteiger partial charge is 0.326 e. The molecule has 9 heteroatoms. The first-order valence-corrected chi connectivity index (χ1v) is 15.5. The summed E-state index contributed by atoms with van der Waals surface area (Å²) in [5.41, 5.74) is 1.83. The first-order valence-electron chi connectivity index (χ1n) is 15.5. The Kier molecular flexibility index (Phi) is 11.2. The quantitative estimate of drug-likeness (QED) is 0.345. The predicted molar refractivity (Wildman–Crippen MR) is 158 cm³/mol. The molecule has 3 N–H and O–H groups in total. The van der Waals surface area contributed by atoms with Crippen LogP contribution in [0.25, 0.3) is 10.9 Å². The molecule has 0 spiro atoms. The largest absolute Gasteiger partial charge is 0.480 e. The van der Waals surface area contributed by atoms with Gasteiger partial charge in [0.2, 0.25) is 17.7 Å². The van der Waals surface area contributed by atoms with E-state index in [9.17, 15) is 24.3 Å². The summed E-state index contributed by atoms with van der Waals surface area (Å²) in [6.45, 7) is 2.74. The Balaban J connectivity index is 1.51. The van der Waals surface area contributed by atoms with E-state index in [0.717, 1.165) is 55.0 Å². The van der Waals surface area contributed by atoms with Gasteiger partial charge in [0.1, 0.15) is 12.1 Å². The molecule has 0 unspecified atom stereocenters. The molecule has 2 atom stereocenters. The van der Waals surface area contributed by atoms with Gasteiger partial charge in [-0.25, -0.2) is 4.79 Å². The fourth-order valence-corrected chi connectivity index (χ4v) is 6.43. The summed E-state index contributed by atoms with van der Waals surface area (Å²) in [6, 6.07) is 6.23. The molecule has 0 bridgehead atoms. The molecular weight excluding hydrogens is 520 g/mol. The van der Waals surface area contributed by atoms with Gasteiger partial charge in [0.05, 0.1) is 13.0 Å². The lowest BCUT2D eigenvalue weighted by Gasteiger charge is -2.33. The van der Waals surface area contributed by atoms with Crippen LogP contribution in [0.15, 0.2) is 30.5 Å². The number of H-pyrrole nitrogens is 1. The molecule has 4 rings (SSSR count). The van der Waals surface area contributed by atoms with Crippen LogP contribution < -0.4 is 5.32 Å². The maximum atomic E-state index is 14.1. The molecule has 2 fully saturated rings. The van der Waals surface area contributed by atoms with Gasteiger partial charge in [-0.2, -0.15) is 0 Å². The standard InChI is InChI=1S/C32H46N4O5/c1-2-3-15-27(34-29(37)19-24-20-33-26-16-10-9-14-25(24)26)31(39)35(21-23-12-7-5-4-6-8-13-23)22-30(38)36-18-11-17-28(36)32(40)41/h9-10,14,16,20,23,27-28,33H,2-8,11-13,15,17-19,21-22H2,1H3,(H,34,37)(H,40,41)/t27-,28-/m1/s1. The minimum Gasteiger partial charge on any atom is -0.480 e. The number of aromatic amines is 1. The summed E-state index contributed by atoms with van der Waals surface area (Å²) in [4.78, 5) is 58.8. The maximum absolute atomic E-state index is 14.1. The maximum Gasteiger partial charge on any atom is 0.326 e. The van der Waals surface area contributed by atoms with E-state index in [4.69, 9.17) is 0 Å². The second-order valence-corrected chi connectivity index (χ2v) is 11.8. The number of fused-ring (bicyclic) bond motifs is 1. The van der Waals surface area contributed by atoms with Crippen molar-refractivity contribution >= 4 is 34.6 Å². The zero-order valence-corrected chi connectivity index (χ0v) is 24.4. The molecule has 1 saturated carbocycles. The molecule has 41 heavy (non-hydrogen) atoms. The Bertz CT molecular complexity index is 1190. The van der Waals surface area contributed by atoms with Crippen molar-refractivity contribution in [2.45, 2.75) is 102 Å². The van der Waals surface area contributed by atoms with Gasteiger partial charge in [-0.1, -0.05) is 70.1 Å². The summed E-state index contributed by atoms with van der Waals surface area (Å²) in [7, 11) is 0. The number of benzene rings is 1. The fraction of sp³-hybridized carbons (Fsp3) is 0.625. The Morgan fingerprint density at radius 1 is 1.05 bits per heavy atom. The number of aliphatic carboxylic acids is 1. The molecule has 2 aliphatic rings. The van der Waals surface area contributed by atoms with Gasteiger partial charge in [-0.05, 0) is 49.7 Å². The van der Waals surface area contributed by atoms with Crippen molar-refractivity contribution in [3.8, 4) is 0 Å². The lowest BCUT2D eigenvalue weighted by atomic mass is 9.90. The highest BCUT2D eigenvalue weighted by Crippen LogP contribution is 2.25. The van der Waals surface area contributed by atoms with Crippen LogP contribution in [0.4, 0.5) is 0 Å². The minimum absolute atomic E-state index is 0.148. The number of unbranched alkanes of at least 4 members (excludes halogenated alkanes) is 1. The monoisotopic (exact) mass is 566 g/mol. The van der Waals surface area contributed by atoms with Crippen LogP contribution in [0, 0.1) is 5.92 Å². The fourth-order valence-electron chi connectivity index (χ4n) is 6.43. The summed E-state index contributed by atoms with van der Waals surface area (Å²) < 4.78 is 0. The van der Waals surface area contributed by atoms with Gasteiger partial charge in [0, 0.05) is 30.2 Å². The average molecular weight is 567 g/mol. The normalized spacial score (nSPS) is 19.0. The SMILES string of the molecule is CCCC[C@@H](NC(=O)Cc1c[nH]c2ccccc12)C(=O)N(CC(=O)N1CCC[C@@H]1C(=O)O)CC1CCCCCCC1. The van der Waals surface area contributed by atoms with Crippen molar-refractivity contribution in [2.75, 3.05) is 19.6 Å². The van der Waals surface area contributed by atoms with E-state index in [1.54, 1.807) is 4.90 Å². The molecule has 3 amide bonds. The Hall–Kier alpha value is -3.36. The van der Waals surface area contributed by atoms with Crippen LogP contribution in [0.3, 0.4) is 0 Å². The molecule has 2 aromatic rings. The zero-order valence-electron chi connectivity index (χ0n) is 24.4. The number of hydrogen-bond acceptors (Lipinski definition) is 4. The molecule has 0 radical (unpaired) electrons. The van der Waals surface area contributed by atoms with E-state index in [2.05, 4.69) is 10.3 Å². The van der Waals surface area contributed by atoms with E-state index < -0.39 is 18.1 Å². The number of carboxylic acids is 1. The van der Waals surface area contributed by atoms with Crippen LogP contribution in [0.2, 0.25) is 0 Å². The van der Waals surface area contributed by atoms with Crippen molar-refractivity contribution in [1.82, 2.24) is 20.1 Å². The van der Waals surface area contributed by atoms with E-state index in [-0.39, 0.29) is 36.6 Å². The van der Waals surface area contributed by atoms with Crippen LogP contribution in [-0.2, 0) is 25.6 Å². The number of para-hydroxylation sites is 1. The van der Waals surface area contributed by atoms with Gasteiger partial charge in [-0.3, -0.25) is 14.4 Å². The number of nitrogens with one attached hydrogen (secondary N) is 2. The second-order valence-electron chi connectivity index (χ2n) is 11.8. The van der Waals surface area contributed by atoms with Gasteiger partial charge >= 0.3 is 5.97 Å². The summed E-state index contributed by atoms with van der Waals surface area (Å²) in [5.74, 6) is -1.51. The number of likely N-dealkylation sites (tertiary alicyclic amines) is 1. The number of aromatic nitrogens is 1. The van der Waals surface area contributed by atoms with Gasteiger partial charge in [-0.15, -0.1) is 0 Å². The highest BCUT2D eigenvalue weighted by molar-refractivity contribution is 5.93. The number of rotatable bonds is 12. The van der Waals surface area contributed by atoms with Gasteiger partial charge < -0.3 is 25.2 Å². The van der Waals surface area contributed by atoms with Crippen LogP contribution in [0.1, 0.15) is 89.5 Å². The second kappa shape index (κ2) is 15.0. The summed E-state index contributed by atoms with van der Waals surface area (Å²) in [6.07, 6.45) is 13.0. The molecular formula is C32H46N4O5. The highest BCUT2D eigenvalue weighted by Gasteiger charge is 2.36. The molecule has 224 valence electrons. The van der Waals surface area contributed by atoms with E-state index in [1.165, 1.54) is 24.2 Å². The van der Waals surface area contributed by atoms with Crippen molar-refractivity contribution in [1.29, 1.82) is 0 Å².